The third-order valence-corrected chi connectivity index (χ3v) is 10.3. The Morgan fingerprint density at radius 3 is 1.78 bits per heavy atom. The van der Waals surface area contributed by atoms with Crippen LogP contribution in [0.25, 0.3) is 0 Å². The maximum Gasteiger partial charge on any atom is 0.410 e. The smallest absolute Gasteiger partial charge is 0.410 e. The van der Waals surface area contributed by atoms with Gasteiger partial charge in [-0.25, -0.2) is 14.6 Å². The summed E-state index contributed by atoms with van der Waals surface area (Å²) in [4.78, 5) is 36.4. The van der Waals surface area contributed by atoms with E-state index < -0.39 is 16.6 Å². The molecule has 4 fully saturated rings. The van der Waals surface area contributed by atoms with Gasteiger partial charge in [-0.05, 0) is 92.9 Å². The van der Waals surface area contributed by atoms with Crippen LogP contribution < -0.4 is 0 Å². The molecule has 45 heavy (non-hydrogen) atoms. The zero-order chi connectivity index (χ0) is 33.0. The van der Waals surface area contributed by atoms with Crippen molar-refractivity contribution in [2.45, 2.75) is 134 Å². The number of aromatic nitrogens is 2. The lowest BCUT2D eigenvalue weighted by atomic mass is 9.76. The number of nitriles is 2. The molecule has 2 amide bonds. The van der Waals surface area contributed by atoms with Crippen molar-refractivity contribution < 1.29 is 19.1 Å². The molecular formula is C32H43ClN6O4S2. The van der Waals surface area contributed by atoms with Crippen molar-refractivity contribution in [2.75, 3.05) is 0 Å². The fraction of sp³-hybridized carbons (Fsp3) is 0.688. The summed E-state index contributed by atoms with van der Waals surface area (Å²) >= 11 is 8.38. The van der Waals surface area contributed by atoms with Crippen molar-refractivity contribution in [1.82, 2.24) is 19.8 Å². The highest BCUT2D eigenvalue weighted by Crippen LogP contribution is 2.48. The number of carbonyl (C=O) groups excluding carboxylic acids is 2. The lowest BCUT2D eigenvalue weighted by molar-refractivity contribution is 0.00190. The summed E-state index contributed by atoms with van der Waals surface area (Å²) in [5.74, 6) is 0.117. The number of carbonyl (C=O) groups is 2. The first-order valence-electron chi connectivity index (χ1n) is 15.4. The lowest BCUT2D eigenvalue weighted by Crippen LogP contribution is -2.52. The SMILES string of the molecule is CC(C)(C)OC(=O)N1C2CCC1CC(C#N)(c1nccs1)C2.CC(C)(C)OC(=O)N1C2CCC1CC(C#N)C2.Clc1cncs1. The number of hydrogen-bond acceptors (Lipinski definition) is 10. The highest BCUT2D eigenvalue weighted by molar-refractivity contribution is 7.14. The van der Waals surface area contributed by atoms with Crippen molar-refractivity contribution in [2.24, 2.45) is 5.92 Å². The minimum Gasteiger partial charge on any atom is -0.444 e. The minimum absolute atomic E-state index is 0.0807. The molecule has 4 aliphatic heterocycles. The third-order valence-electron chi connectivity index (χ3n) is 8.37. The Balaban J connectivity index is 0.000000177. The molecule has 0 N–H and O–H groups in total. The molecule has 0 radical (unpaired) electrons. The molecule has 4 aliphatic rings. The van der Waals surface area contributed by atoms with Gasteiger partial charge in [0.15, 0.2) is 0 Å². The van der Waals surface area contributed by atoms with E-state index >= 15 is 0 Å². The van der Waals surface area contributed by atoms with E-state index in [0.717, 1.165) is 47.9 Å². The van der Waals surface area contributed by atoms with Gasteiger partial charge < -0.3 is 19.3 Å². The number of fused-ring (bicyclic) bond motifs is 4. The van der Waals surface area contributed by atoms with Crippen LogP contribution in [0, 0.1) is 28.6 Å². The number of hydrogen-bond donors (Lipinski definition) is 0. The molecule has 4 bridgehead atoms. The summed E-state index contributed by atoms with van der Waals surface area (Å²) in [5, 5.41) is 21.5. The van der Waals surface area contributed by atoms with Crippen molar-refractivity contribution in [3.05, 3.63) is 32.6 Å². The molecule has 4 atom stereocenters. The topological polar surface area (TPSA) is 132 Å². The second kappa shape index (κ2) is 14.2. The second-order valence-electron chi connectivity index (χ2n) is 14.1. The monoisotopic (exact) mass is 674 g/mol. The van der Waals surface area contributed by atoms with E-state index in [1.54, 1.807) is 17.9 Å². The molecule has 2 aromatic heterocycles. The second-order valence-corrected chi connectivity index (χ2v) is 16.5. The third kappa shape index (κ3) is 8.87. The lowest BCUT2D eigenvalue weighted by Gasteiger charge is -2.42. The number of ether oxygens (including phenoxy) is 2. The highest BCUT2D eigenvalue weighted by atomic mass is 35.5. The van der Waals surface area contributed by atoms with Gasteiger partial charge in [-0.1, -0.05) is 11.6 Å². The van der Waals surface area contributed by atoms with Gasteiger partial charge in [0.1, 0.15) is 26.0 Å². The van der Waals surface area contributed by atoms with Gasteiger partial charge in [0.25, 0.3) is 0 Å². The number of rotatable bonds is 1. The Morgan fingerprint density at radius 1 is 0.911 bits per heavy atom. The average molecular weight is 675 g/mol. The number of amides is 2. The van der Waals surface area contributed by atoms with Crippen molar-refractivity contribution in [3.63, 3.8) is 0 Å². The van der Waals surface area contributed by atoms with Gasteiger partial charge in [-0.3, -0.25) is 4.98 Å². The van der Waals surface area contributed by atoms with Gasteiger partial charge in [-0.2, -0.15) is 10.5 Å². The standard InChI is InChI=1S/C16H21N3O2S.C13H20N2O2.C3H2ClNS/c1-15(2,3)21-14(20)19-11-4-5-12(19)9-16(8-11,10-17)13-18-6-7-22-13;1-13(2,3)17-12(16)15-10-4-5-11(15)7-9(6-10)8-14;4-3-1-5-2-6-3/h6-7,11-12H,4-5,8-9H2,1-3H3;9-11H,4-7H2,1-3H3;1-2H. The van der Waals surface area contributed by atoms with E-state index in [0.29, 0.717) is 12.8 Å². The number of thiazole rings is 2. The van der Waals surface area contributed by atoms with E-state index in [9.17, 15) is 14.9 Å². The van der Waals surface area contributed by atoms with Gasteiger partial charge >= 0.3 is 12.2 Å². The Kier molecular flexibility index (Phi) is 11.0. The molecule has 0 aromatic carbocycles. The molecule has 6 heterocycles. The van der Waals surface area contributed by atoms with Crippen molar-refractivity contribution >= 4 is 46.5 Å². The molecule has 10 nitrogen and oxygen atoms in total. The van der Waals surface area contributed by atoms with E-state index in [1.165, 1.54) is 22.7 Å². The summed E-state index contributed by atoms with van der Waals surface area (Å²) in [6.07, 6.45) is 9.78. The van der Waals surface area contributed by atoms with Crippen LogP contribution in [-0.4, -0.2) is 67.3 Å². The van der Waals surface area contributed by atoms with Crippen LogP contribution in [0.1, 0.15) is 97.9 Å². The largest absolute Gasteiger partial charge is 0.444 e. The first kappa shape index (κ1) is 34.9. The summed E-state index contributed by atoms with van der Waals surface area (Å²) in [7, 11) is 0. The Morgan fingerprint density at radius 2 is 1.42 bits per heavy atom. The quantitative estimate of drug-likeness (QED) is 0.298. The Hall–Kier alpha value is -2.93. The predicted octanol–water partition coefficient (Wildman–Crippen LogP) is 7.95. The zero-order valence-electron chi connectivity index (χ0n) is 26.9. The van der Waals surface area contributed by atoms with Crippen LogP contribution in [0.15, 0.2) is 23.3 Å². The summed E-state index contributed by atoms with van der Waals surface area (Å²) in [6.45, 7) is 11.3. The van der Waals surface area contributed by atoms with Crippen LogP contribution in [0.2, 0.25) is 4.34 Å². The molecule has 13 heteroatoms. The van der Waals surface area contributed by atoms with Crippen LogP contribution in [0.5, 0.6) is 0 Å². The van der Waals surface area contributed by atoms with Crippen LogP contribution in [-0.2, 0) is 14.9 Å². The molecule has 0 aliphatic carbocycles. The average Bonchev–Trinajstić information content (AvgIpc) is 3.75. The van der Waals surface area contributed by atoms with Gasteiger partial charge in [0.2, 0.25) is 0 Å². The molecular weight excluding hydrogens is 632 g/mol. The molecule has 0 spiro atoms. The fourth-order valence-corrected chi connectivity index (χ4v) is 8.06. The van der Waals surface area contributed by atoms with E-state index in [4.69, 9.17) is 26.3 Å². The zero-order valence-corrected chi connectivity index (χ0v) is 29.3. The molecule has 6 rings (SSSR count). The summed E-state index contributed by atoms with van der Waals surface area (Å²) < 4.78 is 11.7. The Bertz CT molecular complexity index is 1350. The van der Waals surface area contributed by atoms with Crippen molar-refractivity contribution in [3.8, 4) is 12.1 Å². The van der Waals surface area contributed by atoms with Gasteiger partial charge in [0, 0.05) is 35.7 Å². The highest BCUT2D eigenvalue weighted by Gasteiger charge is 2.53. The summed E-state index contributed by atoms with van der Waals surface area (Å²) in [6, 6.07) is 5.42. The first-order valence-corrected chi connectivity index (χ1v) is 17.6. The van der Waals surface area contributed by atoms with Crippen LogP contribution in [0.3, 0.4) is 0 Å². The van der Waals surface area contributed by atoms with E-state index in [1.807, 2.05) is 56.7 Å². The summed E-state index contributed by atoms with van der Waals surface area (Å²) in [5.41, 5.74) is 0.221. The molecule has 244 valence electrons. The number of piperidine rings is 2. The number of halogens is 1. The maximum atomic E-state index is 12.5. The van der Waals surface area contributed by atoms with Crippen LogP contribution >= 0.6 is 34.3 Å². The van der Waals surface area contributed by atoms with E-state index in [2.05, 4.69) is 22.1 Å². The molecule has 0 saturated carbocycles. The normalized spacial score (nSPS) is 28.4. The number of nitrogens with zero attached hydrogens (tertiary/aromatic N) is 6. The van der Waals surface area contributed by atoms with Crippen molar-refractivity contribution in [1.29, 1.82) is 10.5 Å². The van der Waals surface area contributed by atoms with Gasteiger partial charge in [-0.15, -0.1) is 22.7 Å². The fourth-order valence-electron chi connectivity index (χ4n) is 6.73. The minimum atomic E-state index is -0.543. The predicted molar refractivity (Wildman–Crippen MR) is 174 cm³/mol. The first-order chi connectivity index (χ1) is 21.1. The van der Waals surface area contributed by atoms with Gasteiger partial charge in [0.05, 0.1) is 29.8 Å². The molecule has 4 unspecified atom stereocenters. The maximum absolute atomic E-state index is 12.5. The van der Waals surface area contributed by atoms with E-state index in [-0.39, 0.29) is 42.3 Å². The molecule has 4 saturated heterocycles. The molecule has 2 aromatic rings. The van der Waals surface area contributed by atoms with Crippen LogP contribution in [0.4, 0.5) is 9.59 Å². The Labute approximate surface area is 279 Å².